The molecule has 10 rings (SSSR count). The van der Waals surface area contributed by atoms with Crippen molar-refractivity contribution in [2.75, 3.05) is 37.9 Å². The number of halogens is 1. The summed E-state index contributed by atoms with van der Waals surface area (Å²) in [5.41, 5.74) is 3.92. The number of carbonyl (C=O) groups excluding carboxylic acids is 3. The lowest BCUT2D eigenvalue weighted by molar-refractivity contribution is -0.122. The van der Waals surface area contributed by atoms with Crippen LogP contribution in [0.3, 0.4) is 0 Å². The van der Waals surface area contributed by atoms with E-state index in [9.17, 15) is 24.0 Å². The highest BCUT2D eigenvalue weighted by atomic mass is 19.1. The van der Waals surface area contributed by atoms with Gasteiger partial charge in [0.25, 0.3) is 0 Å². The number of rotatable bonds is 8. The summed E-state index contributed by atoms with van der Waals surface area (Å²) in [5, 5.41) is 32.3. The van der Waals surface area contributed by atoms with E-state index in [1.807, 2.05) is 30.3 Å². The number of esters is 1. The maximum Gasteiger partial charge on any atom is 0.340 e. The molecule has 65 heavy (non-hydrogen) atoms. The van der Waals surface area contributed by atoms with E-state index >= 15 is 0 Å². The number of aromatic nitrogens is 8. The van der Waals surface area contributed by atoms with Crippen molar-refractivity contribution < 1.29 is 28.2 Å². The zero-order chi connectivity index (χ0) is 45.0. The summed E-state index contributed by atoms with van der Waals surface area (Å²) in [4.78, 5) is 56.2. The first-order valence-electron chi connectivity index (χ1n) is 21.1. The number of nitrogens with zero attached hydrogens (tertiary/aromatic N) is 9. The molecule has 18 nitrogen and oxygen atoms in total. The molecular weight excluding hydrogens is 834 g/mol. The summed E-state index contributed by atoms with van der Waals surface area (Å²) in [6.07, 6.45) is 4.96. The molecule has 0 saturated carbocycles. The zero-order valence-corrected chi connectivity index (χ0v) is 35.3. The number of amides is 2. The van der Waals surface area contributed by atoms with Gasteiger partial charge < -0.3 is 30.7 Å². The molecule has 2 aliphatic heterocycles. The van der Waals surface area contributed by atoms with Crippen LogP contribution in [-0.4, -0.2) is 96.3 Å². The second-order valence-corrected chi connectivity index (χ2v) is 15.4. The number of anilines is 2. The summed E-state index contributed by atoms with van der Waals surface area (Å²) in [6, 6.07) is 25.1. The molecule has 0 unspecified atom stereocenters. The van der Waals surface area contributed by atoms with Gasteiger partial charge in [-0.15, -0.1) is 10.2 Å². The Bertz CT molecular complexity index is 3160. The minimum absolute atomic E-state index is 0.0932. The molecule has 2 atom stereocenters. The van der Waals surface area contributed by atoms with Gasteiger partial charge in [-0.2, -0.15) is 14.3 Å². The highest BCUT2D eigenvalue weighted by molar-refractivity contribution is 6.07. The minimum Gasteiger partial charge on any atom is -0.497 e. The maximum atomic E-state index is 13.8. The molecule has 2 fully saturated rings. The van der Waals surface area contributed by atoms with Crippen molar-refractivity contribution in [2.45, 2.75) is 50.6 Å². The molecule has 0 radical (unpaired) electrons. The molecule has 0 spiro atoms. The van der Waals surface area contributed by atoms with Crippen LogP contribution in [-0.2, 0) is 14.3 Å². The first-order valence-corrected chi connectivity index (χ1v) is 21.1. The van der Waals surface area contributed by atoms with Crippen LogP contribution < -0.4 is 26.0 Å². The van der Waals surface area contributed by atoms with Crippen LogP contribution >= 0.6 is 0 Å². The van der Waals surface area contributed by atoms with Crippen LogP contribution in [0, 0.1) is 17.1 Å². The van der Waals surface area contributed by atoms with E-state index in [0.29, 0.717) is 99.3 Å². The Morgan fingerprint density at radius 2 is 1.38 bits per heavy atom. The second kappa shape index (κ2) is 18.2. The molecule has 2 saturated heterocycles. The van der Waals surface area contributed by atoms with Gasteiger partial charge in [0.15, 0.2) is 22.9 Å². The Hall–Kier alpha value is -8.27. The van der Waals surface area contributed by atoms with Gasteiger partial charge in [-0.1, -0.05) is 24.3 Å². The van der Waals surface area contributed by atoms with Crippen LogP contribution in [0.25, 0.3) is 55.9 Å². The monoisotopic (exact) mass is 875 g/mol. The number of nitriles is 1. The number of nitrogens with one attached hydrogen (secondary N) is 4. The number of carbonyl (C=O) groups is 3. The summed E-state index contributed by atoms with van der Waals surface area (Å²) in [6.45, 7) is 1.30. The summed E-state index contributed by atoms with van der Waals surface area (Å²) in [7, 11) is 2.93. The van der Waals surface area contributed by atoms with E-state index in [2.05, 4.69) is 47.5 Å². The van der Waals surface area contributed by atoms with Crippen LogP contribution in [0.1, 0.15) is 54.4 Å². The molecule has 4 N–H and O–H groups in total. The van der Waals surface area contributed by atoms with Crippen LogP contribution in [0.4, 0.5) is 16.3 Å². The number of fused-ring (bicyclic) bond motifs is 6. The van der Waals surface area contributed by atoms with Crippen molar-refractivity contribution in [1.29, 1.82) is 5.26 Å². The quantitative estimate of drug-likeness (QED) is 0.131. The number of methoxy groups -OCH3 is 2. The van der Waals surface area contributed by atoms with Crippen LogP contribution in [0.5, 0.6) is 5.75 Å². The molecule has 6 heterocycles. The number of hydrogen-bond acceptors (Lipinski definition) is 14. The predicted molar refractivity (Wildman–Crippen MR) is 239 cm³/mol. The van der Waals surface area contributed by atoms with Crippen LogP contribution in [0.2, 0.25) is 0 Å². The predicted octanol–water partition coefficient (Wildman–Crippen LogP) is 5.86. The van der Waals surface area contributed by atoms with Gasteiger partial charge >= 0.3 is 5.97 Å². The number of benzene rings is 4. The molecule has 2 aliphatic rings. The topological polar surface area (TPSA) is 228 Å². The van der Waals surface area contributed by atoms with Crippen molar-refractivity contribution in [3.63, 3.8) is 0 Å². The molecule has 19 heteroatoms. The third-order valence-corrected chi connectivity index (χ3v) is 11.2. The van der Waals surface area contributed by atoms with Crippen molar-refractivity contribution in [2.24, 2.45) is 0 Å². The largest absolute Gasteiger partial charge is 0.497 e. The van der Waals surface area contributed by atoms with Gasteiger partial charge in [-0.3, -0.25) is 9.59 Å². The van der Waals surface area contributed by atoms with E-state index < -0.39 is 23.9 Å². The van der Waals surface area contributed by atoms with Gasteiger partial charge in [-0.05, 0) is 99.2 Å². The van der Waals surface area contributed by atoms with Crippen LogP contribution in [0.15, 0.2) is 84.9 Å². The molecule has 4 aromatic carbocycles. The first-order chi connectivity index (χ1) is 31.7. The van der Waals surface area contributed by atoms with Gasteiger partial charge in [0.2, 0.25) is 23.7 Å². The Morgan fingerprint density at radius 3 is 2.05 bits per heavy atom. The molecule has 0 aliphatic carbocycles. The van der Waals surface area contributed by atoms with Gasteiger partial charge in [-0.25, -0.2) is 29.1 Å². The third kappa shape index (κ3) is 8.48. The van der Waals surface area contributed by atoms with E-state index in [-0.39, 0.29) is 11.8 Å². The lowest BCUT2D eigenvalue weighted by Crippen LogP contribution is -2.38. The maximum absolute atomic E-state index is 13.8. The molecule has 8 aromatic rings. The fourth-order valence-corrected chi connectivity index (χ4v) is 7.92. The SMILES string of the molecule is COC(=O)c1cccc2c1nc(N[C@@H]1CCCCNC1=O)n1nc(-c3ccc(OC)cc3)nc21.N#Cc1cccc2nc(N[C@@H]3CCCCNC3=O)n3nc(-c4cccc(F)c4)nc3c12. The number of hydrogen-bond donors (Lipinski definition) is 4. The van der Waals surface area contributed by atoms with Gasteiger partial charge in [0.05, 0.1) is 47.8 Å². The average Bonchev–Trinajstić information content (AvgIpc) is 3.88. The number of para-hydroxylation sites is 1. The molecule has 0 bridgehead atoms. The second-order valence-electron chi connectivity index (χ2n) is 15.4. The normalized spacial score (nSPS) is 16.4. The standard InChI is InChI=1S/C24H24N6O4.C22H18FN7O/c1-33-15-11-9-14(10-12-15)20-28-21-16-6-5-7-17(23(32)34-2)19(16)27-24(30(21)29-20)26-18-8-3-4-13-25-22(18)31;23-15-7-3-5-13(11-15)19-28-20-18-14(12-24)6-4-9-16(18)26-22(30(20)29-19)27-17-8-1-2-10-25-21(17)31/h5-7,9-12,18H,3-4,8,13H2,1-2H3,(H,25,31)(H,26,27);3-7,9,11,17H,1-2,8,10H2,(H,25,31)(H,26,27)/t18-;17-/m11/s1. The van der Waals surface area contributed by atoms with Crippen molar-refractivity contribution in [3.05, 3.63) is 102 Å². The van der Waals surface area contributed by atoms with E-state index in [1.54, 1.807) is 54.1 Å². The van der Waals surface area contributed by atoms with Crippen molar-refractivity contribution in [1.82, 2.24) is 49.8 Å². The zero-order valence-electron chi connectivity index (χ0n) is 35.3. The Labute approximate surface area is 370 Å². The fraction of sp³-hybridized carbons (Fsp3) is 0.261. The highest BCUT2D eigenvalue weighted by Gasteiger charge is 2.26. The van der Waals surface area contributed by atoms with E-state index in [0.717, 1.165) is 37.0 Å². The Morgan fingerprint density at radius 1 is 0.754 bits per heavy atom. The van der Waals surface area contributed by atoms with E-state index in [1.165, 1.54) is 23.8 Å². The summed E-state index contributed by atoms with van der Waals surface area (Å²) >= 11 is 0. The lowest BCUT2D eigenvalue weighted by Gasteiger charge is -2.17. The van der Waals surface area contributed by atoms with E-state index in [4.69, 9.17) is 19.4 Å². The third-order valence-electron chi connectivity index (χ3n) is 11.2. The summed E-state index contributed by atoms with van der Waals surface area (Å²) < 4.78 is 27.0. The molecule has 328 valence electrons. The highest BCUT2D eigenvalue weighted by Crippen LogP contribution is 2.30. The fourth-order valence-electron chi connectivity index (χ4n) is 7.92. The van der Waals surface area contributed by atoms with Gasteiger partial charge in [0, 0.05) is 29.6 Å². The molecule has 2 amide bonds. The smallest absolute Gasteiger partial charge is 0.340 e. The lowest BCUT2D eigenvalue weighted by atomic mass is 10.1. The van der Waals surface area contributed by atoms with Gasteiger partial charge in [0.1, 0.15) is 23.7 Å². The Kier molecular flexibility index (Phi) is 11.8. The van der Waals surface area contributed by atoms with Crippen molar-refractivity contribution >= 4 is 62.8 Å². The average molecular weight is 876 g/mol. The van der Waals surface area contributed by atoms with Crippen molar-refractivity contribution in [3.8, 4) is 34.6 Å². The molecular formula is C46H42FN13O5. The molecule has 4 aromatic heterocycles. The Balaban J connectivity index is 0.000000165. The first kappa shape index (κ1) is 42.1. The minimum atomic E-state index is -0.504. The summed E-state index contributed by atoms with van der Waals surface area (Å²) in [5.74, 6) is 1.09. The number of ether oxygens (including phenoxy) is 2.